The van der Waals surface area contributed by atoms with Crippen molar-refractivity contribution in [1.82, 2.24) is 5.32 Å². The Morgan fingerprint density at radius 1 is 1.37 bits per heavy atom. The first-order valence-corrected chi connectivity index (χ1v) is 7.24. The van der Waals surface area contributed by atoms with E-state index in [2.05, 4.69) is 11.4 Å². The summed E-state index contributed by atoms with van der Waals surface area (Å²) in [5, 5.41) is 3.17. The molecule has 2 atom stereocenters. The second-order valence-corrected chi connectivity index (χ2v) is 5.62. The molecule has 2 unspecified atom stereocenters. The molecule has 0 bridgehead atoms. The van der Waals surface area contributed by atoms with Crippen LogP contribution >= 0.6 is 0 Å². The first kappa shape index (κ1) is 14.1. The van der Waals surface area contributed by atoms with E-state index in [1.807, 2.05) is 25.1 Å². The summed E-state index contributed by atoms with van der Waals surface area (Å²) in [4.78, 5) is 12.1. The number of rotatable bonds is 4. The summed E-state index contributed by atoms with van der Waals surface area (Å²) in [6.07, 6.45) is 5.13. The van der Waals surface area contributed by atoms with Crippen molar-refractivity contribution in [1.29, 1.82) is 0 Å². The van der Waals surface area contributed by atoms with Gasteiger partial charge in [-0.05, 0) is 37.8 Å². The minimum atomic E-state index is 0.121. The molecule has 0 aliphatic heterocycles. The van der Waals surface area contributed by atoms with Crippen LogP contribution in [-0.4, -0.2) is 18.5 Å². The normalized spacial score (nSPS) is 23.1. The Morgan fingerprint density at radius 2 is 2.16 bits per heavy atom. The standard InChI is InChI=1S/C16H24N2O/c1-12-5-4-6-13(9-12)10-16(19)18-15-8-3-2-7-14(15)11-17/h4-6,9,14-15H,2-3,7-8,10-11,17H2,1H3,(H,18,19). The van der Waals surface area contributed by atoms with Crippen LogP contribution in [0.4, 0.5) is 0 Å². The van der Waals surface area contributed by atoms with Crippen LogP contribution < -0.4 is 11.1 Å². The Morgan fingerprint density at radius 3 is 2.89 bits per heavy atom. The Bertz CT molecular complexity index is 431. The highest BCUT2D eigenvalue weighted by molar-refractivity contribution is 5.78. The zero-order valence-corrected chi connectivity index (χ0v) is 11.7. The summed E-state index contributed by atoms with van der Waals surface area (Å²) in [6.45, 7) is 2.72. The summed E-state index contributed by atoms with van der Waals surface area (Å²) in [5.41, 5.74) is 8.07. The monoisotopic (exact) mass is 260 g/mol. The van der Waals surface area contributed by atoms with Crippen molar-refractivity contribution in [3.05, 3.63) is 35.4 Å². The van der Waals surface area contributed by atoms with Crippen LogP contribution in [0.25, 0.3) is 0 Å². The van der Waals surface area contributed by atoms with Gasteiger partial charge in [-0.1, -0.05) is 42.7 Å². The fourth-order valence-corrected chi connectivity index (χ4v) is 2.95. The van der Waals surface area contributed by atoms with Crippen LogP contribution in [0.1, 0.15) is 36.8 Å². The van der Waals surface area contributed by atoms with Gasteiger partial charge in [-0.15, -0.1) is 0 Å². The number of carbonyl (C=O) groups excluding carboxylic acids is 1. The van der Waals surface area contributed by atoms with Crippen molar-refractivity contribution in [2.75, 3.05) is 6.54 Å². The molecular formula is C16H24N2O. The van der Waals surface area contributed by atoms with E-state index in [0.29, 0.717) is 18.9 Å². The van der Waals surface area contributed by atoms with Crippen molar-refractivity contribution < 1.29 is 4.79 Å². The lowest BCUT2D eigenvalue weighted by molar-refractivity contribution is -0.121. The van der Waals surface area contributed by atoms with Gasteiger partial charge in [0.05, 0.1) is 6.42 Å². The number of nitrogens with one attached hydrogen (secondary N) is 1. The number of hydrogen-bond donors (Lipinski definition) is 2. The summed E-state index contributed by atoms with van der Waals surface area (Å²) in [5.74, 6) is 0.575. The average molecular weight is 260 g/mol. The first-order chi connectivity index (χ1) is 9.19. The average Bonchev–Trinajstić information content (AvgIpc) is 2.39. The fourth-order valence-electron chi connectivity index (χ4n) is 2.95. The quantitative estimate of drug-likeness (QED) is 0.871. The van der Waals surface area contributed by atoms with Crippen LogP contribution in [0.3, 0.4) is 0 Å². The molecule has 0 heterocycles. The number of amides is 1. The highest BCUT2D eigenvalue weighted by Gasteiger charge is 2.25. The number of hydrogen-bond acceptors (Lipinski definition) is 2. The first-order valence-electron chi connectivity index (χ1n) is 7.24. The molecule has 2 rings (SSSR count). The third-order valence-electron chi connectivity index (χ3n) is 4.01. The third kappa shape index (κ3) is 4.06. The Balaban J connectivity index is 1.90. The number of carbonyl (C=O) groups is 1. The van der Waals surface area contributed by atoms with Gasteiger partial charge >= 0.3 is 0 Å². The maximum absolute atomic E-state index is 12.1. The van der Waals surface area contributed by atoms with Gasteiger partial charge < -0.3 is 11.1 Å². The molecule has 1 aliphatic rings. The van der Waals surface area contributed by atoms with E-state index in [4.69, 9.17) is 5.73 Å². The van der Waals surface area contributed by atoms with Crippen LogP contribution in [0.2, 0.25) is 0 Å². The lowest BCUT2D eigenvalue weighted by atomic mass is 9.84. The topological polar surface area (TPSA) is 55.1 Å². The number of benzene rings is 1. The minimum absolute atomic E-state index is 0.121. The van der Waals surface area contributed by atoms with Gasteiger partial charge in [0.25, 0.3) is 0 Å². The Kier molecular flexibility index (Phi) is 4.97. The Labute approximate surface area is 115 Å². The van der Waals surface area contributed by atoms with Crippen molar-refractivity contribution >= 4 is 5.91 Å². The SMILES string of the molecule is Cc1cccc(CC(=O)NC2CCCCC2CN)c1. The molecule has 0 spiro atoms. The van der Waals surface area contributed by atoms with E-state index in [-0.39, 0.29) is 11.9 Å². The highest BCUT2D eigenvalue weighted by atomic mass is 16.1. The van der Waals surface area contributed by atoms with E-state index in [9.17, 15) is 4.79 Å². The van der Waals surface area contributed by atoms with E-state index < -0.39 is 0 Å². The zero-order chi connectivity index (χ0) is 13.7. The van der Waals surface area contributed by atoms with E-state index >= 15 is 0 Å². The maximum Gasteiger partial charge on any atom is 0.224 e. The zero-order valence-electron chi connectivity index (χ0n) is 11.7. The predicted octanol–water partition coefficient (Wildman–Crippen LogP) is 2.17. The number of aryl methyl sites for hydroxylation is 1. The predicted molar refractivity (Wildman–Crippen MR) is 77.8 cm³/mol. The molecule has 104 valence electrons. The molecule has 0 radical (unpaired) electrons. The molecular weight excluding hydrogens is 236 g/mol. The van der Waals surface area contributed by atoms with Crippen LogP contribution in [0, 0.1) is 12.8 Å². The van der Waals surface area contributed by atoms with Gasteiger partial charge in [0.2, 0.25) is 5.91 Å². The molecule has 1 saturated carbocycles. The third-order valence-corrected chi connectivity index (χ3v) is 4.01. The van der Waals surface area contributed by atoms with Crippen molar-refractivity contribution in [2.24, 2.45) is 11.7 Å². The van der Waals surface area contributed by atoms with E-state index in [1.54, 1.807) is 0 Å². The van der Waals surface area contributed by atoms with Gasteiger partial charge in [0, 0.05) is 6.04 Å². The van der Waals surface area contributed by atoms with E-state index in [0.717, 1.165) is 18.4 Å². The van der Waals surface area contributed by atoms with Gasteiger partial charge in [-0.2, -0.15) is 0 Å². The summed E-state index contributed by atoms with van der Waals surface area (Å²) < 4.78 is 0. The summed E-state index contributed by atoms with van der Waals surface area (Å²) >= 11 is 0. The van der Waals surface area contributed by atoms with Gasteiger partial charge in [-0.3, -0.25) is 4.79 Å². The molecule has 3 nitrogen and oxygen atoms in total. The molecule has 0 aromatic heterocycles. The van der Waals surface area contributed by atoms with Crippen molar-refractivity contribution in [2.45, 2.75) is 45.1 Å². The van der Waals surface area contributed by atoms with Crippen LogP contribution in [0.5, 0.6) is 0 Å². The lowest BCUT2D eigenvalue weighted by Crippen LogP contribution is -2.45. The molecule has 1 amide bonds. The largest absolute Gasteiger partial charge is 0.353 e. The smallest absolute Gasteiger partial charge is 0.224 e. The highest BCUT2D eigenvalue weighted by Crippen LogP contribution is 2.23. The summed E-state index contributed by atoms with van der Waals surface area (Å²) in [6, 6.07) is 8.40. The minimum Gasteiger partial charge on any atom is -0.353 e. The molecule has 1 fully saturated rings. The summed E-state index contributed by atoms with van der Waals surface area (Å²) in [7, 11) is 0. The molecule has 0 saturated heterocycles. The van der Waals surface area contributed by atoms with E-state index in [1.165, 1.54) is 18.4 Å². The fraction of sp³-hybridized carbons (Fsp3) is 0.562. The van der Waals surface area contributed by atoms with Gasteiger partial charge in [0.1, 0.15) is 0 Å². The molecule has 1 aliphatic carbocycles. The molecule has 19 heavy (non-hydrogen) atoms. The Hall–Kier alpha value is -1.35. The number of nitrogens with two attached hydrogens (primary N) is 1. The molecule has 3 N–H and O–H groups in total. The van der Waals surface area contributed by atoms with Crippen molar-refractivity contribution in [3.63, 3.8) is 0 Å². The van der Waals surface area contributed by atoms with Gasteiger partial charge in [0.15, 0.2) is 0 Å². The van der Waals surface area contributed by atoms with Crippen LogP contribution in [0.15, 0.2) is 24.3 Å². The molecule has 1 aromatic rings. The van der Waals surface area contributed by atoms with Crippen LogP contribution in [-0.2, 0) is 11.2 Å². The molecule has 1 aromatic carbocycles. The second kappa shape index (κ2) is 6.71. The lowest BCUT2D eigenvalue weighted by Gasteiger charge is -2.31. The van der Waals surface area contributed by atoms with Gasteiger partial charge in [-0.25, -0.2) is 0 Å². The van der Waals surface area contributed by atoms with Crippen molar-refractivity contribution in [3.8, 4) is 0 Å². The maximum atomic E-state index is 12.1. The second-order valence-electron chi connectivity index (χ2n) is 5.62. The molecule has 3 heteroatoms.